The average Bonchev–Trinajstić information content (AvgIpc) is 2.77. The second-order valence-electron chi connectivity index (χ2n) is 11.2. The Morgan fingerprint density at radius 2 is 1.77 bits per heavy atom. The van der Waals surface area contributed by atoms with Gasteiger partial charge in [-0.15, -0.1) is 0 Å². The molecule has 35 heavy (non-hydrogen) atoms. The van der Waals surface area contributed by atoms with E-state index in [4.69, 9.17) is 9.47 Å². The van der Waals surface area contributed by atoms with Crippen molar-refractivity contribution in [1.82, 2.24) is 10.6 Å². The first-order valence-corrected chi connectivity index (χ1v) is 12.2. The maximum atomic E-state index is 14.7. The first kappa shape index (κ1) is 26.8. The molecule has 2 amide bonds. The lowest BCUT2D eigenvalue weighted by Gasteiger charge is -2.36. The molecule has 3 rings (SSSR count). The SMILES string of the molecule is COc1cc(F)c(O[C@H]2CC[C@@](C)(C(=O)O)CC2)cc1C(=O)N[C@@H]1CC[C@@H]1C(=O)NCC(C)(C)C. The molecular formula is C26H37FN2O6. The summed E-state index contributed by atoms with van der Waals surface area (Å²) in [7, 11) is 1.35. The van der Waals surface area contributed by atoms with Gasteiger partial charge in [0.15, 0.2) is 11.6 Å². The number of rotatable bonds is 8. The first-order valence-electron chi connectivity index (χ1n) is 12.2. The number of methoxy groups -OCH3 is 1. The van der Waals surface area contributed by atoms with Gasteiger partial charge in [-0.05, 0) is 56.9 Å². The Morgan fingerprint density at radius 3 is 2.29 bits per heavy atom. The van der Waals surface area contributed by atoms with E-state index in [-0.39, 0.29) is 46.4 Å². The van der Waals surface area contributed by atoms with Crippen molar-refractivity contribution in [2.24, 2.45) is 16.7 Å². The van der Waals surface area contributed by atoms with Gasteiger partial charge in [0.05, 0.1) is 30.1 Å². The summed E-state index contributed by atoms with van der Waals surface area (Å²) in [4.78, 5) is 37.1. The molecule has 0 aromatic heterocycles. The number of hydrogen-bond acceptors (Lipinski definition) is 5. The monoisotopic (exact) mass is 492 g/mol. The highest BCUT2D eigenvalue weighted by Gasteiger charge is 2.39. The van der Waals surface area contributed by atoms with E-state index in [1.807, 2.05) is 20.8 Å². The van der Waals surface area contributed by atoms with Crippen LogP contribution in [0.15, 0.2) is 12.1 Å². The van der Waals surface area contributed by atoms with Crippen molar-refractivity contribution in [3.8, 4) is 11.5 Å². The Kier molecular flexibility index (Phi) is 7.97. The maximum Gasteiger partial charge on any atom is 0.309 e. The molecule has 1 aromatic carbocycles. The minimum Gasteiger partial charge on any atom is -0.496 e. The van der Waals surface area contributed by atoms with Gasteiger partial charge in [-0.25, -0.2) is 4.39 Å². The fourth-order valence-electron chi connectivity index (χ4n) is 4.43. The molecule has 2 aliphatic rings. The molecule has 3 N–H and O–H groups in total. The lowest BCUT2D eigenvalue weighted by molar-refractivity contribution is -0.150. The molecule has 0 radical (unpaired) electrons. The molecule has 2 aliphatic carbocycles. The van der Waals surface area contributed by atoms with Crippen molar-refractivity contribution in [3.05, 3.63) is 23.5 Å². The van der Waals surface area contributed by atoms with Crippen LogP contribution in [0, 0.1) is 22.6 Å². The van der Waals surface area contributed by atoms with E-state index in [9.17, 15) is 23.9 Å². The number of carbonyl (C=O) groups is 3. The molecule has 0 spiro atoms. The van der Waals surface area contributed by atoms with Crippen LogP contribution in [0.4, 0.5) is 4.39 Å². The van der Waals surface area contributed by atoms with Crippen molar-refractivity contribution in [1.29, 1.82) is 0 Å². The number of halogens is 1. The molecular weight excluding hydrogens is 455 g/mol. The molecule has 9 heteroatoms. The topological polar surface area (TPSA) is 114 Å². The molecule has 0 heterocycles. The van der Waals surface area contributed by atoms with Crippen LogP contribution in [-0.2, 0) is 9.59 Å². The van der Waals surface area contributed by atoms with Gasteiger partial charge in [-0.1, -0.05) is 20.8 Å². The highest BCUT2D eigenvalue weighted by atomic mass is 19.1. The van der Waals surface area contributed by atoms with Crippen LogP contribution in [0.25, 0.3) is 0 Å². The first-order chi connectivity index (χ1) is 16.3. The van der Waals surface area contributed by atoms with E-state index in [2.05, 4.69) is 10.6 Å². The molecule has 2 fully saturated rings. The largest absolute Gasteiger partial charge is 0.496 e. The lowest BCUT2D eigenvalue weighted by Crippen LogP contribution is -2.53. The Labute approximate surface area is 205 Å². The Bertz CT molecular complexity index is 965. The van der Waals surface area contributed by atoms with E-state index in [0.29, 0.717) is 45.1 Å². The van der Waals surface area contributed by atoms with Crippen molar-refractivity contribution >= 4 is 17.8 Å². The molecule has 0 bridgehead atoms. The van der Waals surface area contributed by atoms with E-state index in [0.717, 1.165) is 6.07 Å². The normalized spacial score (nSPS) is 26.3. The van der Waals surface area contributed by atoms with Crippen molar-refractivity contribution in [3.63, 3.8) is 0 Å². The number of aliphatic carboxylic acids is 1. The summed E-state index contributed by atoms with van der Waals surface area (Å²) in [6, 6.07) is 2.12. The third kappa shape index (κ3) is 6.44. The number of carboxylic acids is 1. The minimum absolute atomic E-state index is 0.0411. The van der Waals surface area contributed by atoms with Crippen molar-refractivity contribution < 1.29 is 33.4 Å². The van der Waals surface area contributed by atoms with E-state index in [1.54, 1.807) is 6.92 Å². The van der Waals surface area contributed by atoms with Gasteiger partial charge in [0.1, 0.15) is 5.75 Å². The number of nitrogens with one attached hydrogen (secondary N) is 2. The highest BCUT2D eigenvalue weighted by molar-refractivity contribution is 5.98. The summed E-state index contributed by atoms with van der Waals surface area (Å²) in [5, 5.41) is 15.2. The summed E-state index contributed by atoms with van der Waals surface area (Å²) >= 11 is 0. The molecule has 194 valence electrons. The molecule has 2 atom stereocenters. The van der Waals surface area contributed by atoms with Gasteiger partial charge < -0.3 is 25.2 Å². The van der Waals surface area contributed by atoms with Crippen LogP contribution in [-0.4, -0.2) is 48.7 Å². The maximum absolute atomic E-state index is 14.7. The zero-order valence-corrected chi connectivity index (χ0v) is 21.2. The van der Waals surface area contributed by atoms with E-state index < -0.39 is 23.1 Å². The minimum atomic E-state index is -0.841. The number of hydrogen-bond donors (Lipinski definition) is 3. The molecule has 1 aromatic rings. The van der Waals surface area contributed by atoms with Gasteiger partial charge >= 0.3 is 5.97 Å². The second-order valence-corrected chi connectivity index (χ2v) is 11.2. The number of carboxylic acid groups (broad SMARTS) is 1. The Morgan fingerprint density at radius 1 is 1.11 bits per heavy atom. The lowest BCUT2D eigenvalue weighted by atomic mass is 9.75. The van der Waals surface area contributed by atoms with Crippen LogP contribution >= 0.6 is 0 Å². The van der Waals surface area contributed by atoms with Crippen LogP contribution in [0.2, 0.25) is 0 Å². The van der Waals surface area contributed by atoms with Crippen LogP contribution < -0.4 is 20.1 Å². The number of benzene rings is 1. The zero-order chi connectivity index (χ0) is 26.0. The highest BCUT2D eigenvalue weighted by Crippen LogP contribution is 2.39. The molecule has 2 saturated carbocycles. The number of carbonyl (C=O) groups excluding carboxylic acids is 2. The van der Waals surface area contributed by atoms with Gasteiger partial charge in [0, 0.05) is 18.7 Å². The Balaban J connectivity index is 1.67. The van der Waals surface area contributed by atoms with Gasteiger partial charge in [0.25, 0.3) is 5.91 Å². The Hall–Kier alpha value is -2.84. The van der Waals surface area contributed by atoms with Crippen molar-refractivity contribution in [2.75, 3.05) is 13.7 Å². The fraction of sp³-hybridized carbons (Fsp3) is 0.654. The molecule has 8 nitrogen and oxygen atoms in total. The van der Waals surface area contributed by atoms with Gasteiger partial charge in [0.2, 0.25) is 5.91 Å². The zero-order valence-electron chi connectivity index (χ0n) is 21.2. The summed E-state index contributed by atoms with van der Waals surface area (Å²) in [5.41, 5.74) is -0.724. The molecule has 0 saturated heterocycles. The van der Waals surface area contributed by atoms with Crippen LogP contribution in [0.5, 0.6) is 11.5 Å². The molecule has 0 aliphatic heterocycles. The van der Waals surface area contributed by atoms with Gasteiger partial charge in [-0.3, -0.25) is 14.4 Å². The fourth-order valence-corrected chi connectivity index (χ4v) is 4.43. The van der Waals surface area contributed by atoms with Crippen LogP contribution in [0.1, 0.15) is 76.6 Å². The van der Waals surface area contributed by atoms with E-state index >= 15 is 0 Å². The number of ether oxygens (including phenoxy) is 2. The quantitative estimate of drug-likeness (QED) is 0.507. The summed E-state index contributed by atoms with van der Waals surface area (Å²) in [6.45, 7) is 8.35. The summed E-state index contributed by atoms with van der Waals surface area (Å²) < 4.78 is 25.8. The standard InChI is InChI=1S/C26H37FN2O6/c1-25(2,3)14-28-22(30)16-6-7-19(16)29-23(31)17-12-21(18(27)13-20(17)34-5)35-15-8-10-26(4,11-9-15)24(32)33/h12-13,15-16,19H,6-11,14H2,1-5H3,(H,28,30)(H,29,31)(H,32,33)/t15-,16-,19+,26+/m0/s1. The van der Waals surface area contributed by atoms with Crippen LogP contribution in [0.3, 0.4) is 0 Å². The van der Waals surface area contributed by atoms with E-state index in [1.165, 1.54) is 13.2 Å². The van der Waals surface area contributed by atoms with Crippen molar-refractivity contribution in [2.45, 2.75) is 78.4 Å². The second kappa shape index (κ2) is 10.4. The molecule has 0 unspecified atom stereocenters. The smallest absolute Gasteiger partial charge is 0.309 e. The number of amides is 2. The summed E-state index contributed by atoms with van der Waals surface area (Å²) in [5.74, 6) is -2.37. The predicted molar refractivity (Wildman–Crippen MR) is 128 cm³/mol. The van der Waals surface area contributed by atoms with Gasteiger partial charge in [-0.2, -0.15) is 0 Å². The third-order valence-corrected chi connectivity index (χ3v) is 7.07. The summed E-state index contributed by atoms with van der Waals surface area (Å²) in [6.07, 6.45) is 2.83. The predicted octanol–water partition coefficient (Wildman–Crippen LogP) is 3.92. The third-order valence-electron chi connectivity index (χ3n) is 7.07. The average molecular weight is 493 g/mol.